The smallest absolute Gasteiger partial charge is 0.189 e. The molecule has 1 atom stereocenters. The van der Waals surface area contributed by atoms with Crippen LogP contribution in [-0.2, 0) is 10.2 Å². The van der Waals surface area contributed by atoms with E-state index in [2.05, 4.69) is 18.7 Å². The molecule has 172 valence electrons. The first-order valence-corrected chi connectivity index (χ1v) is 11.8. The second kappa shape index (κ2) is 7.88. The van der Waals surface area contributed by atoms with E-state index in [1.54, 1.807) is 0 Å². The first-order chi connectivity index (χ1) is 17.0. The Morgan fingerprint density at radius 1 is 0.829 bits per heavy atom. The van der Waals surface area contributed by atoms with Crippen LogP contribution in [0.2, 0.25) is 0 Å². The number of hydrogen-bond acceptors (Lipinski definition) is 3. The fourth-order valence-electron chi connectivity index (χ4n) is 5.68. The van der Waals surface area contributed by atoms with Gasteiger partial charge in [0, 0.05) is 23.4 Å². The molecule has 2 aliphatic heterocycles. The van der Waals surface area contributed by atoms with Gasteiger partial charge in [-0.05, 0) is 35.4 Å². The molecule has 0 bridgehead atoms. The Bertz CT molecular complexity index is 1540. The van der Waals surface area contributed by atoms with Gasteiger partial charge in [0.25, 0.3) is 0 Å². The summed E-state index contributed by atoms with van der Waals surface area (Å²) < 4.78 is 2.04. The number of nitrogens with zero attached hydrogens (tertiary/aromatic N) is 2. The molecule has 0 saturated carbocycles. The summed E-state index contributed by atoms with van der Waals surface area (Å²) in [4.78, 5) is 16.2. The topological polar surface area (TPSA) is 45.0 Å². The number of pyridine rings is 1. The Balaban J connectivity index is 1.56. The van der Waals surface area contributed by atoms with Crippen molar-refractivity contribution in [2.75, 3.05) is 0 Å². The molecule has 0 spiro atoms. The molecule has 0 amide bonds. The van der Waals surface area contributed by atoms with Crippen molar-refractivity contribution < 1.29 is 9.90 Å². The van der Waals surface area contributed by atoms with Crippen LogP contribution < -0.4 is 0 Å². The zero-order valence-corrected chi connectivity index (χ0v) is 19.7. The van der Waals surface area contributed by atoms with E-state index in [1.165, 1.54) is 0 Å². The molecule has 4 aromatic rings. The number of aromatic hydroxyl groups is 1. The Morgan fingerprint density at radius 2 is 1.49 bits per heavy atom. The molecular formula is C31H26N2O2. The predicted molar refractivity (Wildman–Crippen MR) is 140 cm³/mol. The molecule has 0 radical (unpaired) electrons. The molecule has 0 saturated heterocycles. The molecular weight excluding hydrogens is 432 g/mol. The van der Waals surface area contributed by atoms with Crippen molar-refractivity contribution in [2.24, 2.45) is 0 Å². The summed E-state index contributed by atoms with van der Waals surface area (Å²) in [6, 6.07) is 25.2. The van der Waals surface area contributed by atoms with Gasteiger partial charge in [-0.2, -0.15) is 0 Å². The molecule has 2 aromatic carbocycles. The highest BCUT2D eigenvalue weighted by molar-refractivity contribution is 6.27. The number of aromatic nitrogens is 1. The number of fused-ring (bicyclic) bond motifs is 2. The largest absolute Gasteiger partial charge is 0.505 e. The number of carbonyl (C=O) groups excluding carboxylic acids is 1. The highest BCUT2D eigenvalue weighted by Gasteiger charge is 2.50. The lowest BCUT2D eigenvalue weighted by molar-refractivity contribution is -0.117. The molecule has 1 unspecified atom stereocenters. The van der Waals surface area contributed by atoms with Crippen molar-refractivity contribution in [3.63, 3.8) is 0 Å². The second-order valence-corrected chi connectivity index (χ2v) is 9.62. The maximum absolute atomic E-state index is 14.2. The fraction of sp³-hybridized carbons (Fsp3) is 0.129. The van der Waals surface area contributed by atoms with Gasteiger partial charge in [-0.25, -0.2) is 0 Å². The number of allylic oxidation sites excluding steroid dienone is 3. The average molecular weight is 459 g/mol. The van der Waals surface area contributed by atoms with E-state index in [4.69, 9.17) is 0 Å². The Hall–Kier alpha value is -4.31. The van der Waals surface area contributed by atoms with Crippen LogP contribution in [0, 0.1) is 0 Å². The van der Waals surface area contributed by atoms with E-state index >= 15 is 0 Å². The molecule has 0 fully saturated rings. The van der Waals surface area contributed by atoms with Crippen molar-refractivity contribution in [1.82, 2.24) is 9.30 Å². The minimum Gasteiger partial charge on any atom is -0.505 e. The highest BCUT2D eigenvalue weighted by atomic mass is 16.3. The number of Topliss-reactive ketones (excluding diaryl/α,β-unsaturated/α-hetero) is 1. The van der Waals surface area contributed by atoms with E-state index in [9.17, 15) is 9.90 Å². The van der Waals surface area contributed by atoms with Gasteiger partial charge in [-0.1, -0.05) is 86.7 Å². The van der Waals surface area contributed by atoms with E-state index < -0.39 is 11.5 Å². The summed E-state index contributed by atoms with van der Waals surface area (Å²) >= 11 is 0. The zero-order chi connectivity index (χ0) is 24.2. The standard InChI is InChI=1S/C31H26N2O2/c1-31(2,29-27(34)25(21-13-5-3-6-14-21)23-17-9-11-19-32(23)29)30-28(35)26(22-15-7-4-8-16-22)24-18-10-12-20-33(24)30/h3-20,29,35H,1-2H3. The van der Waals surface area contributed by atoms with Crippen LogP contribution in [0.5, 0.6) is 5.75 Å². The van der Waals surface area contributed by atoms with Crippen molar-refractivity contribution >= 4 is 16.9 Å². The highest BCUT2D eigenvalue weighted by Crippen LogP contribution is 2.49. The molecule has 4 heteroatoms. The molecule has 0 aliphatic carbocycles. The average Bonchev–Trinajstić information content (AvgIpc) is 3.35. The van der Waals surface area contributed by atoms with Crippen LogP contribution in [0.1, 0.15) is 25.1 Å². The van der Waals surface area contributed by atoms with Gasteiger partial charge in [0.2, 0.25) is 0 Å². The summed E-state index contributed by atoms with van der Waals surface area (Å²) in [5.74, 6) is 0.269. The van der Waals surface area contributed by atoms with E-state index in [0.717, 1.165) is 33.6 Å². The summed E-state index contributed by atoms with van der Waals surface area (Å²) in [6.45, 7) is 4.10. The van der Waals surface area contributed by atoms with Gasteiger partial charge in [0.15, 0.2) is 5.78 Å². The maximum atomic E-state index is 14.2. The zero-order valence-electron chi connectivity index (χ0n) is 19.7. The van der Waals surface area contributed by atoms with Crippen LogP contribution in [0.3, 0.4) is 0 Å². The molecule has 2 aliphatic rings. The van der Waals surface area contributed by atoms with Crippen molar-refractivity contribution in [3.05, 3.63) is 126 Å². The van der Waals surface area contributed by atoms with Crippen molar-refractivity contribution in [1.29, 1.82) is 0 Å². The summed E-state index contributed by atoms with van der Waals surface area (Å²) in [5.41, 5.74) is 5.15. The Morgan fingerprint density at radius 3 is 2.20 bits per heavy atom. The number of rotatable bonds is 4. The lowest BCUT2D eigenvalue weighted by atomic mass is 9.77. The third-order valence-corrected chi connectivity index (χ3v) is 7.16. The van der Waals surface area contributed by atoms with E-state index in [0.29, 0.717) is 5.57 Å². The summed E-state index contributed by atoms with van der Waals surface area (Å²) in [6.07, 6.45) is 9.87. The first-order valence-electron chi connectivity index (χ1n) is 11.8. The van der Waals surface area contributed by atoms with Gasteiger partial charge in [-0.15, -0.1) is 0 Å². The van der Waals surface area contributed by atoms with Crippen molar-refractivity contribution in [3.8, 4) is 16.9 Å². The van der Waals surface area contributed by atoms with Gasteiger partial charge in [-0.3, -0.25) is 4.79 Å². The number of ketones is 1. The van der Waals surface area contributed by atoms with Gasteiger partial charge in [0.05, 0.1) is 22.5 Å². The third kappa shape index (κ3) is 3.10. The summed E-state index contributed by atoms with van der Waals surface area (Å²) in [7, 11) is 0. The number of hydrogen-bond donors (Lipinski definition) is 1. The number of benzene rings is 2. The van der Waals surface area contributed by atoms with E-state index in [1.807, 2.05) is 114 Å². The minimum absolute atomic E-state index is 0.0546. The van der Waals surface area contributed by atoms with Crippen molar-refractivity contribution in [2.45, 2.75) is 25.3 Å². The minimum atomic E-state index is -0.726. The lowest BCUT2D eigenvalue weighted by Crippen LogP contribution is -2.47. The molecule has 6 rings (SSSR count). The molecule has 4 nitrogen and oxygen atoms in total. The van der Waals surface area contributed by atoms with Crippen LogP contribution in [0.15, 0.2) is 115 Å². The van der Waals surface area contributed by atoms with Gasteiger partial charge >= 0.3 is 0 Å². The quantitative estimate of drug-likeness (QED) is 0.388. The lowest BCUT2D eigenvalue weighted by Gasteiger charge is -2.37. The SMILES string of the molecule is CC(C)(c1c(O)c(-c2ccccc2)c2ccccn12)C1C(=O)C(c2ccccc2)=C2C=CC=CN21. The number of carbonyl (C=O) groups is 1. The molecule has 4 heterocycles. The van der Waals surface area contributed by atoms with E-state index in [-0.39, 0.29) is 11.5 Å². The molecule has 2 aromatic heterocycles. The third-order valence-electron chi connectivity index (χ3n) is 7.16. The second-order valence-electron chi connectivity index (χ2n) is 9.62. The molecule has 35 heavy (non-hydrogen) atoms. The van der Waals surface area contributed by atoms with Gasteiger partial charge < -0.3 is 14.4 Å². The Labute approximate surface area is 204 Å². The first kappa shape index (κ1) is 21.2. The van der Waals surface area contributed by atoms with Crippen LogP contribution in [0.25, 0.3) is 22.2 Å². The Kier molecular flexibility index (Phi) is 4.78. The van der Waals surface area contributed by atoms with Gasteiger partial charge in [0.1, 0.15) is 11.8 Å². The normalized spacial score (nSPS) is 17.5. The van der Waals surface area contributed by atoms with Crippen LogP contribution in [-0.4, -0.2) is 26.2 Å². The maximum Gasteiger partial charge on any atom is 0.189 e. The predicted octanol–water partition coefficient (Wildman–Crippen LogP) is 6.34. The monoisotopic (exact) mass is 458 g/mol. The van der Waals surface area contributed by atoms with Crippen LogP contribution >= 0.6 is 0 Å². The molecule has 1 N–H and O–H groups in total. The summed E-state index contributed by atoms with van der Waals surface area (Å²) in [5, 5.41) is 11.7. The fourth-order valence-corrected chi connectivity index (χ4v) is 5.68. The van der Waals surface area contributed by atoms with Crippen LogP contribution in [0.4, 0.5) is 0 Å².